The van der Waals surface area contributed by atoms with E-state index < -0.39 is 6.43 Å². The van der Waals surface area contributed by atoms with Crippen LogP contribution in [0.5, 0.6) is 0 Å². The van der Waals surface area contributed by atoms with Crippen molar-refractivity contribution in [2.75, 3.05) is 6.54 Å². The average molecular weight is 211 g/mol. The van der Waals surface area contributed by atoms with E-state index in [1.807, 2.05) is 18.2 Å². The van der Waals surface area contributed by atoms with Gasteiger partial charge in [0.15, 0.2) is 0 Å². The summed E-state index contributed by atoms with van der Waals surface area (Å²) in [6.45, 7) is -0.174. The molecule has 0 spiro atoms. The molecular formula is C12H15F2N. The van der Waals surface area contributed by atoms with Gasteiger partial charge >= 0.3 is 0 Å². The number of rotatable bonds is 4. The van der Waals surface area contributed by atoms with Crippen molar-refractivity contribution >= 4 is 0 Å². The third-order valence-corrected chi connectivity index (χ3v) is 2.97. The van der Waals surface area contributed by atoms with Crippen LogP contribution in [-0.2, 0) is 0 Å². The van der Waals surface area contributed by atoms with Gasteiger partial charge in [-0.3, -0.25) is 0 Å². The maximum Gasteiger partial charge on any atom is 0.250 e. The van der Waals surface area contributed by atoms with E-state index in [0.717, 1.165) is 12.8 Å². The smallest absolute Gasteiger partial charge is 0.250 e. The molecule has 0 unspecified atom stereocenters. The zero-order valence-corrected chi connectivity index (χ0v) is 8.50. The van der Waals surface area contributed by atoms with E-state index in [4.69, 9.17) is 0 Å². The second-order valence-electron chi connectivity index (χ2n) is 4.08. The van der Waals surface area contributed by atoms with Crippen molar-refractivity contribution in [3.63, 3.8) is 0 Å². The van der Waals surface area contributed by atoms with Crippen LogP contribution in [0.1, 0.15) is 24.3 Å². The molecule has 1 aliphatic rings. The summed E-state index contributed by atoms with van der Waals surface area (Å²) in [5.74, 6) is 0.557. The molecule has 1 aromatic rings. The van der Waals surface area contributed by atoms with Crippen LogP contribution in [-0.4, -0.2) is 19.0 Å². The maximum absolute atomic E-state index is 11.9. The first kappa shape index (κ1) is 10.6. The predicted octanol–water partition coefficient (Wildman–Crippen LogP) is 2.79. The Kier molecular flexibility index (Phi) is 3.31. The minimum Gasteiger partial charge on any atom is -0.309 e. The summed E-state index contributed by atoms with van der Waals surface area (Å²) in [6, 6.07) is 10.5. The van der Waals surface area contributed by atoms with Gasteiger partial charge in [-0.05, 0) is 24.3 Å². The molecule has 1 aliphatic carbocycles. The fourth-order valence-electron chi connectivity index (χ4n) is 2.04. The lowest BCUT2D eigenvalue weighted by molar-refractivity contribution is 0.131. The number of halogens is 2. The molecule has 0 aliphatic heterocycles. The van der Waals surface area contributed by atoms with Gasteiger partial charge in [0.1, 0.15) is 0 Å². The molecule has 0 heterocycles. The van der Waals surface area contributed by atoms with Crippen molar-refractivity contribution in [3.8, 4) is 0 Å². The summed E-state index contributed by atoms with van der Waals surface area (Å²) >= 11 is 0. The quantitative estimate of drug-likeness (QED) is 0.807. The summed E-state index contributed by atoms with van der Waals surface area (Å²) in [5.41, 5.74) is 1.33. The van der Waals surface area contributed by atoms with Crippen molar-refractivity contribution in [1.82, 2.24) is 5.32 Å². The second-order valence-corrected chi connectivity index (χ2v) is 4.08. The summed E-state index contributed by atoms with van der Waals surface area (Å²) < 4.78 is 23.8. The molecule has 15 heavy (non-hydrogen) atoms. The standard InChI is InChI=1S/C12H15F2N/c13-12(14)8-15-11-6-10(7-11)9-4-2-1-3-5-9/h1-5,10-12,15H,6-8H2. The SMILES string of the molecule is FC(F)CNC1CC(c2ccccc2)C1. The molecule has 0 amide bonds. The highest BCUT2D eigenvalue weighted by atomic mass is 19.3. The largest absolute Gasteiger partial charge is 0.309 e. The normalized spacial score (nSPS) is 25.3. The van der Waals surface area contributed by atoms with Crippen LogP contribution in [0.25, 0.3) is 0 Å². The van der Waals surface area contributed by atoms with Crippen LogP contribution in [0.4, 0.5) is 8.78 Å². The Hall–Kier alpha value is -0.960. The van der Waals surface area contributed by atoms with Crippen LogP contribution in [0.3, 0.4) is 0 Å². The highest BCUT2D eigenvalue weighted by Crippen LogP contribution is 2.36. The van der Waals surface area contributed by atoms with Gasteiger partial charge in [-0.15, -0.1) is 0 Å². The van der Waals surface area contributed by atoms with E-state index in [1.165, 1.54) is 5.56 Å². The molecule has 0 radical (unpaired) electrons. The van der Waals surface area contributed by atoms with Crippen LogP contribution in [0, 0.1) is 0 Å². The Bertz CT molecular complexity index is 294. The number of hydrogen-bond donors (Lipinski definition) is 1. The molecule has 0 atom stereocenters. The van der Waals surface area contributed by atoms with E-state index in [9.17, 15) is 8.78 Å². The first-order valence-corrected chi connectivity index (χ1v) is 5.32. The summed E-state index contributed by atoms with van der Waals surface area (Å²) in [5, 5.41) is 2.87. The second kappa shape index (κ2) is 4.71. The maximum atomic E-state index is 11.9. The molecule has 82 valence electrons. The van der Waals surface area contributed by atoms with Gasteiger partial charge in [-0.25, -0.2) is 8.78 Å². The Morgan fingerprint density at radius 1 is 1.20 bits per heavy atom. The van der Waals surface area contributed by atoms with E-state index in [2.05, 4.69) is 17.4 Å². The Balaban J connectivity index is 1.74. The van der Waals surface area contributed by atoms with Gasteiger partial charge in [0.25, 0.3) is 6.43 Å². The van der Waals surface area contributed by atoms with Crippen molar-refractivity contribution in [2.24, 2.45) is 0 Å². The summed E-state index contributed by atoms with van der Waals surface area (Å²) in [6.07, 6.45) is -0.270. The molecule has 3 heteroatoms. The first-order valence-electron chi connectivity index (χ1n) is 5.32. The molecule has 1 N–H and O–H groups in total. The number of benzene rings is 1. The number of hydrogen-bond acceptors (Lipinski definition) is 1. The molecule has 2 rings (SSSR count). The van der Waals surface area contributed by atoms with E-state index in [-0.39, 0.29) is 12.6 Å². The Morgan fingerprint density at radius 2 is 1.87 bits per heavy atom. The van der Waals surface area contributed by atoms with Gasteiger partial charge in [0.2, 0.25) is 0 Å². The summed E-state index contributed by atoms with van der Waals surface area (Å²) in [4.78, 5) is 0. The van der Waals surface area contributed by atoms with Crippen LogP contribution >= 0.6 is 0 Å². The molecular weight excluding hydrogens is 196 g/mol. The fourth-order valence-corrected chi connectivity index (χ4v) is 2.04. The third kappa shape index (κ3) is 2.75. The molecule has 0 bridgehead atoms. The van der Waals surface area contributed by atoms with Gasteiger partial charge in [-0.2, -0.15) is 0 Å². The van der Waals surface area contributed by atoms with Crippen molar-refractivity contribution in [1.29, 1.82) is 0 Å². The number of alkyl halides is 2. The van der Waals surface area contributed by atoms with E-state index >= 15 is 0 Å². The van der Waals surface area contributed by atoms with Crippen LogP contribution in [0.15, 0.2) is 30.3 Å². The zero-order valence-electron chi connectivity index (χ0n) is 8.50. The first-order chi connectivity index (χ1) is 7.25. The predicted molar refractivity (Wildman–Crippen MR) is 56.2 cm³/mol. The molecule has 1 aromatic carbocycles. The molecule has 1 fully saturated rings. The average Bonchev–Trinajstić information content (AvgIpc) is 2.16. The highest BCUT2D eigenvalue weighted by molar-refractivity contribution is 5.22. The Labute approximate surface area is 88.5 Å². The number of nitrogens with one attached hydrogen (secondary N) is 1. The minimum atomic E-state index is -2.24. The van der Waals surface area contributed by atoms with Crippen molar-refractivity contribution < 1.29 is 8.78 Å². The van der Waals surface area contributed by atoms with Crippen molar-refractivity contribution in [3.05, 3.63) is 35.9 Å². The van der Waals surface area contributed by atoms with Gasteiger partial charge in [0, 0.05) is 6.04 Å². The molecule has 0 aromatic heterocycles. The zero-order chi connectivity index (χ0) is 10.7. The van der Waals surface area contributed by atoms with Gasteiger partial charge in [-0.1, -0.05) is 30.3 Å². The van der Waals surface area contributed by atoms with E-state index in [0.29, 0.717) is 5.92 Å². The lowest BCUT2D eigenvalue weighted by Gasteiger charge is -2.36. The lowest BCUT2D eigenvalue weighted by Crippen LogP contribution is -2.42. The van der Waals surface area contributed by atoms with Crippen LogP contribution < -0.4 is 5.32 Å². The third-order valence-electron chi connectivity index (χ3n) is 2.97. The van der Waals surface area contributed by atoms with Gasteiger partial charge < -0.3 is 5.32 Å². The topological polar surface area (TPSA) is 12.0 Å². The fraction of sp³-hybridized carbons (Fsp3) is 0.500. The highest BCUT2D eigenvalue weighted by Gasteiger charge is 2.29. The lowest BCUT2D eigenvalue weighted by atomic mass is 9.76. The molecule has 1 nitrogen and oxygen atoms in total. The van der Waals surface area contributed by atoms with Crippen LogP contribution in [0.2, 0.25) is 0 Å². The Morgan fingerprint density at radius 3 is 2.47 bits per heavy atom. The van der Waals surface area contributed by atoms with E-state index in [1.54, 1.807) is 0 Å². The summed E-state index contributed by atoms with van der Waals surface area (Å²) in [7, 11) is 0. The molecule has 0 saturated heterocycles. The van der Waals surface area contributed by atoms with Crippen molar-refractivity contribution in [2.45, 2.75) is 31.2 Å². The monoisotopic (exact) mass is 211 g/mol. The van der Waals surface area contributed by atoms with Gasteiger partial charge in [0.05, 0.1) is 6.54 Å². The minimum absolute atomic E-state index is 0.174. The molecule has 1 saturated carbocycles.